The van der Waals surface area contributed by atoms with E-state index in [1.165, 1.54) is 0 Å². The molecule has 0 aromatic heterocycles. The lowest BCUT2D eigenvalue weighted by Crippen LogP contribution is -2.46. The fourth-order valence-corrected chi connectivity index (χ4v) is 2.63. The number of likely N-dealkylation sites (tertiary alicyclic amines) is 1. The topological polar surface area (TPSA) is 55.6 Å². The second-order valence-corrected chi connectivity index (χ2v) is 5.88. The summed E-state index contributed by atoms with van der Waals surface area (Å²) in [7, 11) is 1.70. The van der Waals surface area contributed by atoms with Gasteiger partial charge in [-0.05, 0) is 46.5 Å². The van der Waals surface area contributed by atoms with E-state index in [0.717, 1.165) is 17.4 Å². The molecular formula is C14H19BrN2O2. The Balaban J connectivity index is 2.13. The second kappa shape index (κ2) is 5.92. The van der Waals surface area contributed by atoms with Crippen molar-refractivity contribution in [2.75, 3.05) is 25.9 Å². The molecule has 0 bridgehead atoms. The number of methoxy groups -OCH3 is 1. The summed E-state index contributed by atoms with van der Waals surface area (Å²) >= 11 is 3.33. The van der Waals surface area contributed by atoms with Crippen molar-refractivity contribution >= 4 is 27.5 Å². The summed E-state index contributed by atoms with van der Waals surface area (Å²) in [6.07, 6.45) is 1.08. The maximum Gasteiger partial charge on any atom is 0.254 e. The van der Waals surface area contributed by atoms with Crippen LogP contribution in [0.25, 0.3) is 0 Å². The molecule has 0 aliphatic carbocycles. The van der Waals surface area contributed by atoms with Crippen LogP contribution in [0, 0.1) is 5.92 Å². The van der Waals surface area contributed by atoms with Crippen LogP contribution in [0.15, 0.2) is 22.7 Å². The summed E-state index contributed by atoms with van der Waals surface area (Å²) in [5.74, 6) is 0.511. The molecule has 1 aromatic rings. The molecule has 0 saturated carbocycles. The number of hydrogen-bond acceptors (Lipinski definition) is 3. The first kappa shape index (κ1) is 14.3. The smallest absolute Gasteiger partial charge is 0.254 e. The average molecular weight is 327 g/mol. The van der Waals surface area contributed by atoms with Gasteiger partial charge < -0.3 is 15.4 Å². The van der Waals surface area contributed by atoms with Crippen LogP contribution < -0.4 is 5.73 Å². The molecule has 2 atom stereocenters. The van der Waals surface area contributed by atoms with E-state index in [2.05, 4.69) is 22.9 Å². The van der Waals surface area contributed by atoms with Gasteiger partial charge in [-0.25, -0.2) is 0 Å². The normalized spacial score (nSPS) is 23.4. The molecule has 1 aromatic carbocycles. The molecule has 1 aliphatic rings. The van der Waals surface area contributed by atoms with Crippen LogP contribution >= 0.6 is 15.9 Å². The Hall–Kier alpha value is -1.07. The van der Waals surface area contributed by atoms with Gasteiger partial charge in [-0.2, -0.15) is 0 Å². The average Bonchev–Trinajstić information content (AvgIpc) is 2.41. The van der Waals surface area contributed by atoms with Crippen LogP contribution in [0.2, 0.25) is 0 Å². The van der Waals surface area contributed by atoms with Crippen molar-refractivity contribution in [2.24, 2.45) is 5.92 Å². The zero-order chi connectivity index (χ0) is 14.0. The molecule has 0 radical (unpaired) electrons. The van der Waals surface area contributed by atoms with E-state index >= 15 is 0 Å². The first-order valence-corrected chi connectivity index (χ1v) is 7.19. The molecule has 1 fully saturated rings. The molecule has 2 rings (SSSR count). The van der Waals surface area contributed by atoms with E-state index in [4.69, 9.17) is 10.5 Å². The largest absolute Gasteiger partial charge is 0.398 e. The van der Waals surface area contributed by atoms with Gasteiger partial charge in [0.05, 0.1) is 6.10 Å². The number of hydrogen-bond donors (Lipinski definition) is 1. The predicted octanol–water partition coefficient (Wildman–Crippen LogP) is 2.53. The van der Waals surface area contributed by atoms with Gasteiger partial charge in [-0.3, -0.25) is 4.79 Å². The number of piperidine rings is 1. The number of ether oxygens (including phenoxy) is 1. The summed E-state index contributed by atoms with van der Waals surface area (Å²) < 4.78 is 6.25. The van der Waals surface area contributed by atoms with E-state index in [1.54, 1.807) is 19.2 Å². The number of rotatable bonds is 2. The van der Waals surface area contributed by atoms with Crippen molar-refractivity contribution in [3.05, 3.63) is 28.2 Å². The lowest BCUT2D eigenvalue weighted by molar-refractivity contribution is -0.00156. The van der Waals surface area contributed by atoms with Gasteiger partial charge in [-0.1, -0.05) is 6.92 Å². The third-order valence-corrected chi connectivity index (χ3v) is 4.44. The third-order valence-electron chi connectivity index (χ3n) is 3.72. The highest BCUT2D eigenvalue weighted by Crippen LogP contribution is 2.24. The summed E-state index contributed by atoms with van der Waals surface area (Å²) in [4.78, 5) is 14.3. The van der Waals surface area contributed by atoms with Gasteiger partial charge in [0.15, 0.2) is 0 Å². The summed E-state index contributed by atoms with van der Waals surface area (Å²) in [5, 5.41) is 0. The Bertz CT molecular complexity index is 479. The quantitative estimate of drug-likeness (QED) is 0.849. The van der Waals surface area contributed by atoms with E-state index in [1.807, 2.05) is 11.0 Å². The van der Waals surface area contributed by atoms with Gasteiger partial charge in [-0.15, -0.1) is 0 Å². The van der Waals surface area contributed by atoms with Gasteiger partial charge in [0.1, 0.15) is 0 Å². The van der Waals surface area contributed by atoms with Crippen molar-refractivity contribution in [3.63, 3.8) is 0 Å². The Morgan fingerprint density at radius 1 is 1.53 bits per heavy atom. The Morgan fingerprint density at radius 2 is 2.26 bits per heavy atom. The van der Waals surface area contributed by atoms with Gasteiger partial charge in [0, 0.05) is 35.9 Å². The van der Waals surface area contributed by atoms with E-state index < -0.39 is 0 Å². The standard InChI is InChI=1S/C14H19BrN2O2/c1-9-5-6-17(8-13(9)19-2)14(18)10-3-4-11(15)12(16)7-10/h3-4,7,9,13H,5-6,8,16H2,1-2H3. The maximum atomic E-state index is 12.4. The van der Waals surface area contributed by atoms with Crippen molar-refractivity contribution < 1.29 is 9.53 Å². The molecule has 19 heavy (non-hydrogen) atoms. The number of nitrogen functional groups attached to an aromatic ring is 1. The molecule has 1 amide bonds. The number of carbonyl (C=O) groups is 1. The molecule has 1 saturated heterocycles. The minimum atomic E-state index is 0.0214. The van der Waals surface area contributed by atoms with Crippen LogP contribution in [-0.2, 0) is 4.74 Å². The molecule has 104 valence electrons. The van der Waals surface area contributed by atoms with Crippen LogP contribution in [0.1, 0.15) is 23.7 Å². The predicted molar refractivity (Wildman–Crippen MR) is 79.0 cm³/mol. The first-order valence-electron chi connectivity index (χ1n) is 6.40. The van der Waals surface area contributed by atoms with Crippen molar-refractivity contribution in [3.8, 4) is 0 Å². The lowest BCUT2D eigenvalue weighted by atomic mass is 9.95. The van der Waals surface area contributed by atoms with Crippen LogP contribution in [0.4, 0.5) is 5.69 Å². The van der Waals surface area contributed by atoms with E-state index in [-0.39, 0.29) is 12.0 Å². The fourth-order valence-electron chi connectivity index (χ4n) is 2.38. The highest BCUT2D eigenvalue weighted by atomic mass is 79.9. The fraction of sp³-hybridized carbons (Fsp3) is 0.500. The highest BCUT2D eigenvalue weighted by molar-refractivity contribution is 9.10. The zero-order valence-corrected chi connectivity index (χ0v) is 12.8. The lowest BCUT2D eigenvalue weighted by Gasteiger charge is -2.36. The number of carbonyl (C=O) groups excluding carboxylic acids is 1. The molecule has 4 nitrogen and oxygen atoms in total. The molecular weight excluding hydrogens is 308 g/mol. The molecule has 1 aliphatic heterocycles. The number of nitrogens with two attached hydrogens (primary N) is 1. The Morgan fingerprint density at radius 3 is 2.89 bits per heavy atom. The molecule has 5 heteroatoms. The molecule has 1 heterocycles. The minimum Gasteiger partial charge on any atom is -0.398 e. The highest BCUT2D eigenvalue weighted by Gasteiger charge is 2.29. The Labute approximate surface area is 122 Å². The third kappa shape index (κ3) is 3.09. The molecule has 2 unspecified atom stereocenters. The van der Waals surface area contributed by atoms with E-state index in [9.17, 15) is 4.79 Å². The SMILES string of the molecule is COC1CN(C(=O)c2ccc(Br)c(N)c2)CCC1C. The molecule has 0 spiro atoms. The number of anilines is 1. The second-order valence-electron chi connectivity index (χ2n) is 5.03. The number of benzene rings is 1. The van der Waals surface area contributed by atoms with Gasteiger partial charge in [0.25, 0.3) is 5.91 Å². The minimum absolute atomic E-state index is 0.0214. The summed E-state index contributed by atoms with van der Waals surface area (Å²) in [6, 6.07) is 5.32. The van der Waals surface area contributed by atoms with E-state index in [0.29, 0.717) is 23.7 Å². The zero-order valence-electron chi connectivity index (χ0n) is 11.2. The van der Waals surface area contributed by atoms with Crippen molar-refractivity contribution in [1.29, 1.82) is 0 Å². The van der Waals surface area contributed by atoms with Crippen LogP contribution in [-0.4, -0.2) is 37.1 Å². The van der Waals surface area contributed by atoms with Gasteiger partial charge in [0.2, 0.25) is 0 Å². The summed E-state index contributed by atoms with van der Waals surface area (Å²) in [5.41, 5.74) is 7.03. The number of nitrogens with zero attached hydrogens (tertiary/aromatic N) is 1. The van der Waals surface area contributed by atoms with Crippen molar-refractivity contribution in [1.82, 2.24) is 4.90 Å². The Kier molecular flexibility index (Phi) is 4.47. The monoisotopic (exact) mass is 326 g/mol. The van der Waals surface area contributed by atoms with Crippen molar-refractivity contribution in [2.45, 2.75) is 19.4 Å². The first-order chi connectivity index (χ1) is 9.02. The van der Waals surface area contributed by atoms with Crippen LogP contribution in [0.3, 0.4) is 0 Å². The van der Waals surface area contributed by atoms with Gasteiger partial charge >= 0.3 is 0 Å². The van der Waals surface area contributed by atoms with Crippen LogP contribution in [0.5, 0.6) is 0 Å². The summed E-state index contributed by atoms with van der Waals surface area (Å²) in [6.45, 7) is 3.58. The maximum absolute atomic E-state index is 12.4. The number of amides is 1. The molecule has 2 N–H and O–H groups in total. The number of halogens is 1.